The minimum Gasteiger partial charge on any atom is -0.358 e. The van der Waals surface area contributed by atoms with Crippen LogP contribution in [0.2, 0.25) is 0 Å². The Morgan fingerprint density at radius 3 is 2.69 bits per heavy atom. The average Bonchev–Trinajstić information content (AvgIpc) is 3.14. The average molecular weight is 409 g/mol. The number of anilines is 1. The Balaban J connectivity index is 1.49. The van der Waals surface area contributed by atoms with E-state index in [2.05, 4.69) is 25.8 Å². The summed E-state index contributed by atoms with van der Waals surface area (Å²) in [6, 6.07) is 11.9. The largest absolute Gasteiger partial charge is 0.358 e. The van der Waals surface area contributed by atoms with E-state index in [1.807, 2.05) is 18.2 Å². The van der Waals surface area contributed by atoms with Crippen molar-refractivity contribution in [3.63, 3.8) is 0 Å². The molecule has 1 aromatic carbocycles. The number of hydrogen-bond donors (Lipinski definition) is 3. The minimum absolute atomic E-state index is 0.0596. The summed E-state index contributed by atoms with van der Waals surface area (Å²) in [6.07, 6.45) is 5.20. The van der Waals surface area contributed by atoms with Crippen molar-refractivity contribution >= 4 is 27.6 Å². The van der Waals surface area contributed by atoms with Gasteiger partial charge in [-0.1, -0.05) is 0 Å². The monoisotopic (exact) mass is 409 g/mol. The number of amides is 1. The number of rotatable bonds is 5. The molecule has 0 saturated carbocycles. The fourth-order valence-corrected chi connectivity index (χ4v) is 3.72. The minimum atomic E-state index is -3.22. The fraction of sp³-hybridized carbons (Fsp3) is 0.150. The molecule has 0 saturated heterocycles. The molecule has 0 bridgehead atoms. The highest BCUT2D eigenvalue weighted by atomic mass is 32.2. The second-order valence-electron chi connectivity index (χ2n) is 6.72. The van der Waals surface area contributed by atoms with Crippen molar-refractivity contribution in [2.24, 2.45) is 5.10 Å². The third kappa shape index (κ3) is 4.19. The number of carbonyl (C=O) groups excluding carboxylic acids is 1. The van der Waals surface area contributed by atoms with Gasteiger partial charge < -0.3 is 10.3 Å². The van der Waals surface area contributed by atoms with Crippen LogP contribution >= 0.6 is 0 Å². The summed E-state index contributed by atoms with van der Waals surface area (Å²) in [4.78, 5) is 19.8. The van der Waals surface area contributed by atoms with Gasteiger partial charge in [0.15, 0.2) is 9.84 Å². The van der Waals surface area contributed by atoms with Gasteiger partial charge in [0.2, 0.25) is 0 Å². The lowest BCUT2D eigenvalue weighted by Crippen LogP contribution is -2.31. The first-order chi connectivity index (χ1) is 13.9. The van der Waals surface area contributed by atoms with E-state index in [9.17, 15) is 13.2 Å². The lowest BCUT2D eigenvalue weighted by molar-refractivity contribution is 0.0946. The van der Waals surface area contributed by atoms with E-state index >= 15 is 0 Å². The molecular weight excluding hydrogens is 390 g/mol. The third-order valence-corrected chi connectivity index (χ3v) is 5.70. The van der Waals surface area contributed by atoms with E-state index in [0.29, 0.717) is 23.5 Å². The number of hydrazone groups is 1. The molecule has 3 N–H and O–H groups in total. The van der Waals surface area contributed by atoms with Crippen molar-refractivity contribution in [3.05, 3.63) is 65.6 Å². The molecule has 0 radical (unpaired) electrons. The van der Waals surface area contributed by atoms with Crippen LogP contribution in [0.25, 0.3) is 11.3 Å². The van der Waals surface area contributed by atoms with Gasteiger partial charge in [-0.15, -0.1) is 0 Å². The molecule has 3 heterocycles. The van der Waals surface area contributed by atoms with Gasteiger partial charge in [0.1, 0.15) is 0 Å². The highest BCUT2D eigenvalue weighted by Gasteiger charge is 2.19. The predicted molar refractivity (Wildman–Crippen MR) is 111 cm³/mol. The van der Waals surface area contributed by atoms with Crippen molar-refractivity contribution in [1.82, 2.24) is 15.3 Å². The smallest absolute Gasteiger partial charge is 0.253 e. The maximum absolute atomic E-state index is 11.9. The molecule has 3 aromatic rings. The zero-order valence-corrected chi connectivity index (χ0v) is 16.5. The first-order valence-corrected chi connectivity index (χ1v) is 10.8. The van der Waals surface area contributed by atoms with Gasteiger partial charge in [0, 0.05) is 42.4 Å². The molecule has 0 fully saturated rings. The van der Waals surface area contributed by atoms with Crippen LogP contribution in [-0.2, 0) is 16.3 Å². The number of sulfone groups is 1. The standard InChI is InChI=1S/C20H19N5O3S/c1-29(27,28)16-4-2-14(3-5-16)25-23-12-15-10-13(6-8-21-15)19-11-17-18(24-19)7-9-22-20(17)26/h2-6,8,10-12,24-25H,7,9H2,1H3,(H,22,26)/b23-12+. The quantitative estimate of drug-likeness (QED) is 0.441. The first kappa shape index (κ1) is 18.9. The van der Waals surface area contributed by atoms with Crippen LogP contribution in [0.1, 0.15) is 21.7 Å². The second-order valence-corrected chi connectivity index (χ2v) is 8.73. The molecular formula is C20H19N5O3S. The Labute approximate surface area is 168 Å². The van der Waals surface area contributed by atoms with E-state index in [1.54, 1.807) is 24.5 Å². The van der Waals surface area contributed by atoms with Gasteiger partial charge in [-0.3, -0.25) is 15.2 Å². The zero-order valence-electron chi connectivity index (χ0n) is 15.6. The number of H-pyrrole nitrogens is 1. The molecule has 148 valence electrons. The van der Waals surface area contributed by atoms with Crippen molar-refractivity contribution in [2.45, 2.75) is 11.3 Å². The van der Waals surface area contributed by atoms with Crippen LogP contribution in [0, 0.1) is 0 Å². The molecule has 1 aliphatic rings. The van der Waals surface area contributed by atoms with E-state index in [4.69, 9.17) is 0 Å². The Bertz CT molecular complexity index is 1200. The first-order valence-electron chi connectivity index (χ1n) is 8.96. The number of hydrogen-bond acceptors (Lipinski definition) is 6. The van der Waals surface area contributed by atoms with Gasteiger partial charge in [-0.2, -0.15) is 5.10 Å². The summed E-state index contributed by atoms with van der Waals surface area (Å²) in [7, 11) is -3.22. The molecule has 0 atom stereocenters. The van der Waals surface area contributed by atoms with Crippen LogP contribution in [0.15, 0.2) is 58.7 Å². The van der Waals surface area contributed by atoms with Crippen LogP contribution in [0.5, 0.6) is 0 Å². The number of aromatic nitrogens is 2. The second kappa shape index (κ2) is 7.51. The van der Waals surface area contributed by atoms with Crippen LogP contribution in [0.4, 0.5) is 5.69 Å². The number of nitrogens with zero attached hydrogens (tertiary/aromatic N) is 2. The fourth-order valence-electron chi connectivity index (χ4n) is 3.09. The lowest BCUT2D eigenvalue weighted by Gasteiger charge is -2.10. The zero-order chi connectivity index (χ0) is 20.4. The lowest BCUT2D eigenvalue weighted by atomic mass is 10.1. The van der Waals surface area contributed by atoms with E-state index in [-0.39, 0.29) is 10.8 Å². The molecule has 0 spiro atoms. The number of nitrogens with one attached hydrogen (secondary N) is 3. The van der Waals surface area contributed by atoms with Crippen LogP contribution in [-0.4, -0.2) is 43.3 Å². The Morgan fingerprint density at radius 1 is 1.17 bits per heavy atom. The number of pyridine rings is 1. The summed E-state index contributed by atoms with van der Waals surface area (Å²) in [6.45, 7) is 0.636. The van der Waals surface area contributed by atoms with Gasteiger partial charge in [-0.25, -0.2) is 8.42 Å². The van der Waals surface area contributed by atoms with Crippen molar-refractivity contribution in [1.29, 1.82) is 0 Å². The van der Waals surface area contributed by atoms with Crippen molar-refractivity contribution in [2.75, 3.05) is 18.2 Å². The molecule has 29 heavy (non-hydrogen) atoms. The molecule has 0 aliphatic carbocycles. The highest BCUT2D eigenvalue weighted by Crippen LogP contribution is 2.24. The normalized spacial score (nSPS) is 13.9. The molecule has 2 aromatic heterocycles. The molecule has 9 heteroatoms. The van der Waals surface area contributed by atoms with E-state index < -0.39 is 9.84 Å². The Morgan fingerprint density at radius 2 is 1.97 bits per heavy atom. The summed E-state index contributed by atoms with van der Waals surface area (Å²) in [5.41, 5.74) is 7.53. The summed E-state index contributed by atoms with van der Waals surface area (Å²) in [5.74, 6) is -0.0596. The molecule has 4 rings (SSSR count). The summed E-state index contributed by atoms with van der Waals surface area (Å²) >= 11 is 0. The molecule has 8 nitrogen and oxygen atoms in total. The highest BCUT2D eigenvalue weighted by molar-refractivity contribution is 7.90. The van der Waals surface area contributed by atoms with Crippen molar-refractivity contribution < 1.29 is 13.2 Å². The Hall–Kier alpha value is -3.46. The number of aromatic amines is 1. The van der Waals surface area contributed by atoms with Crippen LogP contribution < -0.4 is 10.7 Å². The molecule has 0 unspecified atom stereocenters. The third-order valence-electron chi connectivity index (χ3n) is 4.57. The van der Waals surface area contributed by atoms with Gasteiger partial charge >= 0.3 is 0 Å². The van der Waals surface area contributed by atoms with E-state index in [1.165, 1.54) is 18.4 Å². The Kier molecular flexibility index (Phi) is 4.89. The number of benzene rings is 1. The SMILES string of the molecule is CS(=O)(=O)c1ccc(N/N=C/c2cc(-c3cc4c([nH]3)CCNC4=O)ccn2)cc1. The van der Waals surface area contributed by atoms with Crippen molar-refractivity contribution in [3.8, 4) is 11.3 Å². The van der Waals surface area contributed by atoms with Gasteiger partial charge in [0.05, 0.1) is 28.1 Å². The van der Waals surface area contributed by atoms with Crippen LogP contribution in [0.3, 0.4) is 0 Å². The topological polar surface area (TPSA) is 116 Å². The predicted octanol–water partition coefficient (Wildman–Crippen LogP) is 2.21. The molecule has 1 amide bonds. The maximum Gasteiger partial charge on any atom is 0.253 e. The van der Waals surface area contributed by atoms with E-state index in [0.717, 1.165) is 23.4 Å². The van der Waals surface area contributed by atoms with Gasteiger partial charge in [-0.05, 0) is 42.5 Å². The number of carbonyl (C=O) groups is 1. The summed E-state index contributed by atoms with van der Waals surface area (Å²) in [5, 5.41) is 6.99. The summed E-state index contributed by atoms with van der Waals surface area (Å²) < 4.78 is 23.0. The molecule has 1 aliphatic heterocycles. The number of fused-ring (bicyclic) bond motifs is 1. The van der Waals surface area contributed by atoms with Gasteiger partial charge in [0.25, 0.3) is 5.91 Å². The maximum atomic E-state index is 11.9.